The number of halogens is 2. The Morgan fingerprint density at radius 2 is 1.10 bits per heavy atom. The van der Waals surface area contributed by atoms with Crippen LogP contribution in [0.5, 0.6) is 0 Å². The van der Waals surface area contributed by atoms with Crippen molar-refractivity contribution in [2.45, 2.75) is 26.2 Å². The minimum Gasteiger partial charge on any atom is -0.308 e. The van der Waals surface area contributed by atoms with Gasteiger partial charge in [0.05, 0.1) is 16.7 Å². The molecule has 6 heteroatoms. The van der Waals surface area contributed by atoms with E-state index in [0.29, 0.717) is 28.6 Å². The number of hydrogen-bond acceptors (Lipinski definition) is 3. The number of benzene rings is 6. The van der Waals surface area contributed by atoms with Crippen molar-refractivity contribution in [2.75, 3.05) is 0 Å². The summed E-state index contributed by atoms with van der Waals surface area (Å²) >= 11 is 0. The first-order valence-electron chi connectivity index (χ1n) is 16.3. The largest absolute Gasteiger partial charge is 0.308 e. The summed E-state index contributed by atoms with van der Waals surface area (Å²) in [6, 6.07) is 44.4. The van der Waals surface area contributed by atoms with E-state index in [-0.39, 0.29) is 11.0 Å². The normalized spacial score (nSPS) is 11.8. The molecule has 2 aromatic heterocycles. The van der Waals surface area contributed by atoms with Crippen molar-refractivity contribution in [1.82, 2.24) is 19.5 Å². The van der Waals surface area contributed by atoms with Crippen molar-refractivity contribution in [3.8, 4) is 51.0 Å². The summed E-state index contributed by atoms with van der Waals surface area (Å²) in [5, 5.41) is 2.22. The third kappa shape index (κ3) is 5.45. The molecule has 0 N–H and O–H groups in total. The van der Waals surface area contributed by atoms with Crippen LogP contribution in [-0.2, 0) is 5.41 Å². The van der Waals surface area contributed by atoms with Crippen LogP contribution in [0.25, 0.3) is 72.8 Å². The fraction of sp³-hybridized carbons (Fsp3) is 0.0930. The molecule has 0 unspecified atom stereocenters. The second-order valence-corrected chi connectivity index (χ2v) is 13.2. The first-order valence-corrected chi connectivity index (χ1v) is 16.3. The van der Waals surface area contributed by atoms with Crippen LogP contribution >= 0.6 is 0 Å². The summed E-state index contributed by atoms with van der Waals surface area (Å²) in [7, 11) is 0. The van der Waals surface area contributed by atoms with Crippen LogP contribution in [0.1, 0.15) is 26.3 Å². The lowest BCUT2D eigenvalue weighted by molar-refractivity contribution is 0.511. The Balaban J connectivity index is 1.48. The Morgan fingerprint density at radius 1 is 0.490 bits per heavy atom. The molecular formula is C43H32F2N4. The van der Waals surface area contributed by atoms with Crippen LogP contribution in [0.15, 0.2) is 140 Å². The molecule has 0 saturated heterocycles. The maximum Gasteiger partial charge on any atom is 0.166 e. The minimum absolute atomic E-state index is 0.0829. The molecule has 0 saturated carbocycles. The van der Waals surface area contributed by atoms with E-state index >= 15 is 4.39 Å². The minimum atomic E-state index is -0.905. The molecule has 4 nitrogen and oxygen atoms in total. The highest BCUT2D eigenvalue weighted by Gasteiger charge is 2.23. The second kappa shape index (κ2) is 11.9. The predicted octanol–water partition coefficient (Wildman–Crippen LogP) is 11.2. The van der Waals surface area contributed by atoms with Crippen LogP contribution in [-0.4, -0.2) is 19.5 Å². The summed E-state index contributed by atoms with van der Waals surface area (Å²) in [6.07, 6.45) is 0. The van der Waals surface area contributed by atoms with Gasteiger partial charge in [-0.25, -0.2) is 23.7 Å². The number of nitrogens with zero attached hydrogens (tertiary/aromatic N) is 4. The van der Waals surface area contributed by atoms with Crippen molar-refractivity contribution in [3.05, 3.63) is 157 Å². The Morgan fingerprint density at radius 3 is 1.78 bits per heavy atom. The lowest BCUT2D eigenvalue weighted by Crippen LogP contribution is -2.11. The quantitative estimate of drug-likeness (QED) is 0.188. The van der Waals surface area contributed by atoms with Gasteiger partial charge in [0.15, 0.2) is 29.1 Å². The molecule has 0 amide bonds. The molecule has 0 spiro atoms. The third-order valence-electron chi connectivity index (χ3n) is 8.98. The van der Waals surface area contributed by atoms with Gasteiger partial charge in [0.2, 0.25) is 0 Å². The summed E-state index contributed by atoms with van der Waals surface area (Å²) in [5.74, 6) is -0.374. The molecule has 8 rings (SSSR count). The molecule has 0 radical (unpaired) electrons. The Bertz CT molecular complexity index is 2440. The molecule has 0 aliphatic heterocycles. The van der Waals surface area contributed by atoms with E-state index in [0.717, 1.165) is 44.7 Å². The highest BCUT2D eigenvalue weighted by atomic mass is 19.2. The molecule has 8 aromatic rings. The number of hydrogen-bond donors (Lipinski definition) is 0. The fourth-order valence-electron chi connectivity index (χ4n) is 6.43. The van der Waals surface area contributed by atoms with E-state index in [1.807, 2.05) is 91.0 Å². The van der Waals surface area contributed by atoms with E-state index in [4.69, 9.17) is 15.0 Å². The van der Waals surface area contributed by atoms with E-state index in [9.17, 15) is 4.39 Å². The zero-order chi connectivity index (χ0) is 33.7. The van der Waals surface area contributed by atoms with Gasteiger partial charge in [0.25, 0.3) is 0 Å². The standard InChI is InChI=1S/C43H32F2N4/c1-43(2,3)30-22-23-33-32-17-10-11-20-36(32)49(38(33)26-30)37-24-21-29(31-18-12-19-35(44)39(31)45)25-34(37)42-47-40(27-13-6-4-7-14-27)46-41(48-42)28-15-8-5-9-16-28/h4-26H,1-3H3. The summed E-state index contributed by atoms with van der Waals surface area (Å²) < 4.78 is 32.1. The highest BCUT2D eigenvalue weighted by molar-refractivity contribution is 6.10. The first kappa shape index (κ1) is 30.3. The maximum atomic E-state index is 15.3. The smallest absolute Gasteiger partial charge is 0.166 e. The van der Waals surface area contributed by atoms with Gasteiger partial charge in [0.1, 0.15) is 0 Å². The van der Waals surface area contributed by atoms with Gasteiger partial charge in [-0.15, -0.1) is 0 Å². The number of fused-ring (bicyclic) bond motifs is 3. The molecule has 0 aliphatic rings. The van der Waals surface area contributed by atoms with Crippen LogP contribution in [0.4, 0.5) is 8.78 Å². The van der Waals surface area contributed by atoms with Gasteiger partial charge in [-0.05, 0) is 46.9 Å². The van der Waals surface area contributed by atoms with Crippen molar-refractivity contribution >= 4 is 21.8 Å². The third-order valence-corrected chi connectivity index (χ3v) is 8.98. The maximum absolute atomic E-state index is 15.3. The molecule has 0 atom stereocenters. The van der Waals surface area contributed by atoms with Crippen LogP contribution in [0.3, 0.4) is 0 Å². The topological polar surface area (TPSA) is 43.6 Å². The zero-order valence-electron chi connectivity index (χ0n) is 27.3. The monoisotopic (exact) mass is 642 g/mol. The lowest BCUT2D eigenvalue weighted by atomic mass is 9.86. The molecule has 0 fully saturated rings. The predicted molar refractivity (Wildman–Crippen MR) is 195 cm³/mol. The highest BCUT2D eigenvalue weighted by Crippen LogP contribution is 2.40. The summed E-state index contributed by atoms with van der Waals surface area (Å²) in [5.41, 5.74) is 6.95. The van der Waals surface area contributed by atoms with Crippen molar-refractivity contribution in [1.29, 1.82) is 0 Å². The summed E-state index contributed by atoms with van der Waals surface area (Å²) in [4.78, 5) is 15.0. The van der Waals surface area contributed by atoms with Crippen LogP contribution in [0, 0.1) is 11.6 Å². The van der Waals surface area contributed by atoms with Gasteiger partial charge in [-0.3, -0.25) is 0 Å². The Labute approximate surface area is 283 Å². The van der Waals surface area contributed by atoms with Gasteiger partial charge >= 0.3 is 0 Å². The average Bonchev–Trinajstić information content (AvgIpc) is 3.46. The number of para-hydroxylation sites is 1. The van der Waals surface area contributed by atoms with Gasteiger partial charge in [-0.2, -0.15) is 0 Å². The average molecular weight is 643 g/mol. The van der Waals surface area contributed by atoms with Gasteiger partial charge in [0, 0.05) is 33.0 Å². The molecule has 238 valence electrons. The summed E-state index contributed by atoms with van der Waals surface area (Å²) in [6.45, 7) is 6.61. The lowest BCUT2D eigenvalue weighted by Gasteiger charge is -2.20. The van der Waals surface area contributed by atoms with Crippen molar-refractivity contribution in [2.24, 2.45) is 0 Å². The van der Waals surface area contributed by atoms with E-state index in [1.54, 1.807) is 6.07 Å². The molecule has 49 heavy (non-hydrogen) atoms. The van der Waals surface area contributed by atoms with E-state index in [2.05, 4.69) is 55.7 Å². The zero-order valence-corrected chi connectivity index (χ0v) is 27.3. The van der Waals surface area contributed by atoms with Crippen molar-refractivity contribution < 1.29 is 8.78 Å². The van der Waals surface area contributed by atoms with Crippen molar-refractivity contribution in [3.63, 3.8) is 0 Å². The van der Waals surface area contributed by atoms with E-state index < -0.39 is 11.6 Å². The van der Waals surface area contributed by atoms with E-state index in [1.165, 1.54) is 11.6 Å². The fourth-order valence-corrected chi connectivity index (χ4v) is 6.43. The van der Waals surface area contributed by atoms with Gasteiger partial charge < -0.3 is 4.57 Å². The number of aromatic nitrogens is 4. The van der Waals surface area contributed by atoms with Crippen LogP contribution < -0.4 is 0 Å². The first-order chi connectivity index (χ1) is 23.8. The Hall–Kier alpha value is -6.01. The molecule has 0 bridgehead atoms. The molecule has 2 heterocycles. The van der Waals surface area contributed by atoms with Gasteiger partial charge in [-0.1, -0.05) is 130 Å². The second-order valence-electron chi connectivity index (χ2n) is 13.2. The molecular weight excluding hydrogens is 610 g/mol. The SMILES string of the molecule is CC(C)(C)c1ccc2c3ccccc3n(-c3ccc(-c4cccc(F)c4F)cc3-c3nc(-c4ccccc4)nc(-c4ccccc4)n3)c2c1. The molecule has 6 aromatic carbocycles. The Kier molecular flexibility index (Phi) is 7.37. The van der Waals surface area contributed by atoms with Crippen LogP contribution in [0.2, 0.25) is 0 Å². The number of rotatable bonds is 5. The molecule has 0 aliphatic carbocycles.